The highest BCUT2D eigenvalue weighted by Crippen LogP contribution is 2.31. The van der Waals surface area contributed by atoms with Crippen molar-refractivity contribution in [2.24, 2.45) is 17.8 Å². The number of carbonyl (C=O) groups excluding carboxylic acids is 3. The normalized spacial score (nSPS) is 18.8. The van der Waals surface area contributed by atoms with Crippen LogP contribution in [0.4, 0.5) is 0 Å². The van der Waals surface area contributed by atoms with Crippen molar-refractivity contribution in [1.29, 1.82) is 0 Å². The Morgan fingerprint density at radius 1 is 1.06 bits per heavy atom. The predicted octanol–water partition coefficient (Wildman–Crippen LogP) is 5.56. The molecular formula is C38H59N5O6S. The molecule has 2 heterocycles. The highest BCUT2D eigenvalue weighted by molar-refractivity contribution is 7.09. The van der Waals surface area contributed by atoms with Crippen LogP contribution in [-0.4, -0.2) is 95.0 Å². The molecule has 7 atom stereocenters. The monoisotopic (exact) mass is 713 g/mol. The molecule has 0 aliphatic carbocycles. The molecule has 1 fully saturated rings. The SMILES string of the molecule is CCO[C@H](CC(C(C)C)N(C)C(=O)[C@@H](NC(=O)[C@H]1CCCCN1C)[C@@H](C)CC)c1nc(C(=O)N[C@@H](Cc2ccccc2)C[C@H](C)C(=O)O)cs1. The average molecular weight is 714 g/mol. The molecule has 278 valence electrons. The predicted molar refractivity (Wildman–Crippen MR) is 197 cm³/mol. The van der Waals surface area contributed by atoms with Crippen LogP contribution in [0.15, 0.2) is 35.7 Å². The summed E-state index contributed by atoms with van der Waals surface area (Å²) in [5.74, 6) is -2.11. The molecule has 50 heavy (non-hydrogen) atoms. The minimum Gasteiger partial charge on any atom is -0.481 e. The van der Waals surface area contributed by atoms with Gasteiger partial charge in [0, 0.05) is 37.5 Å². The Bertz CT molecular complexity index is 1390. The van der Waals surface area contributed by atoms with E-state index in [9.17, 15) is 24.3 Å². The number of rotatable bonds is 19. The fourth-order valence-electron chi connectivity index (χ4n) is 6.68. The largest absolute Gasteiger partial charge is 0.481 e. The van der Waals surface area contributed by atoms with E-state index in [-0.39, 0.29) is 53.8 Å². The maximum atomic E-state index is 14.2. The molecule has 0 spiro atoms. The molecule has 0 radical (unpaired) electrons. The van der Waals surface area contributed by atoms with Crippen LogP contribution < -0.4 is 10.6 Å². The molecule has 1 aromatic carbocycles. The number of aromatic nitrogens is 1. The molecule has 3 amide bonds. The van der Waals surface area contributed by atoms with E-state index in [1.165, 1.54) is 11.3 Å². The summed E-state index contributed by atoms with van der Waals surface area (Å²) in [5.41, 5.74) is 1.24. The second-order valence-corrected chi connectivity index (χ2v) is 15.1. The standard InChI is InChI=1S/C38H59N5O6S/c1-9-25(5)33(41-35(45)30-18-14-15-19-42(30)7)37(46)43(8)31(24(3)4)22-32(49-10-2)36-40-29(23-50-36)34(44)39-28(20-26(6)38(47)48)21-27-16-12-11-13-17-27/h11-13,16-17,23-26,28,30-33H,9-10,14-15,18-22H2,1-8H3,(H,39,44)(H,41,45)(H,47,48)/t25-,26-,28+,30+,31?,32+,33-/m0/s1. The number of hydrogen-bond donors (Lipinski definition) is 3. The first-order valence-electron chi connectivity index (χ1n) is 18.2. The number of hydrogen-bond acceptors (Lipinski definition) is 8. The lowest BCUT2D eigenvalue weighted by Crippen LogP contribution is -2.58. The number of aliphatic carboxylic acids is 1. The van der Waals surface area contributed by atoms with Crippen molar-refractivity contribution >= 4 is 35.0 Å². The summed E-state index contributed by atoms with van der Waals surface area (Å²) in [6.07, 6.45) is 4.36. The first kappa shape index (κ1) is 41.1. The van der Waals surface area contributed by atoms with Gasteiger partial charge in [0.05, 0.1) is 12.0 Å². The number of thiazole rings is 1. The quantitative estimate of drug-likeness (QED) is 0.172. The molecule has 12 heteroatoms. The third-order valence-corrected chi connectivity index (χ3v) is 11.0. The molecule has 1 aliphatic heterocycles. The highest BCUT2D eigenvalue weighted by Gasteiger charge is 2.37. The van der Waals surface area contributed by atoms with Gasteiger partial charge >= 0.3 is 5.97 Å². The third kappa shape index (κ3) is 11.6. The minimum absolute atomic E-state index is 0.0532. The molecular weight excluding hydrogens is 655 g/mol. The molecule has 3 rings (SSSR count). The Morgan fingerprint density at radius 2 is 1.76 bits per heavy atom. The Labute approximate surface area is 302 Å². The smallest absolute Gasteiger partial charge is 0.306 e. The number of ether oxygens (including phenoxy) is 1. The molecule has 1 saturated heterocycles. The molecule has 0 saturated carbocycles. The summed E-state index contributed by atoms with van der Waals surface area (Å²) in [7, 11) is 3.77. The Hall–Kier alpha value is -3.35. The van der Waals surface area contributed by atoms with Crippen molar-refractivity contribution in [3.63, 3.8) is 0 Å². The zero-order valence-electron chi connectivity index (χ0n) is 31.2. The second-order valence-electron chi connectivity index (χ2n) is 14.2. The summed E-state index contributed by atoms with van der Waals surface area (Å²) in [5, 5.41) is 18.0. The average Bonchev–Trinajstić information content (AvgIpc) is 3.59. The number of likely N-dealkylation sites (N-methyl/N-ethyl adjacent to an activating group) is 2. The van der Waals surface area contributed by atoms with E-state index in [1.807, 2.05) is 58.2 Å². The van der Waals surface area contributed by atoms with Crippen molar-refractivity contribution in [2.45, 2.75) is 117 Å². The van der Waals surface area contributed by atoms with Crippen molar-refractivity contribution < 1.29 is 29.0 Å². The van der Waals surface area contributed by atoms with Crippen LogP contribution in [0.25, 0.3) is 0 Å². The lowest BCUT2D eigenvalue weighted by atomic mass is 9.92. The van der Waals surface area contributed by atoms with Crippen LogP contribution in [0.1, 0.15) is 107 Å². The molecule has 11 nitrogen and oxygen atoms in total. The summed E-state index contributed by atoms with van der Waals surface area (Å²) in [6, 6.07) is 8.16. The van der Waals surface area contributed by atoms with E-state index >= 15 is 0 Å². The number of carboxylic acids is 1. The Balaban J connectivity index is 1.77. The van der Waals surface area contributed by atoms with E-state index in [0.29, 0.717) is 24.5 Å². The number of carboxylic acid groups (broad SMARTS) is 1. The van der Waals surface area contributed by atoms with Gasteiger partial charge in [-0.15, -0.1) is 11.3 Å². The van der Waals surface area contributed by atoms with Gasteiger partial charge in [-0.25, -0.2) is 4.98 Å². The number of carbonyl (C=O) groups is 4. The van der Waals surface area contributed by atoms with Gasteiger partial charge in [0.15, 0.2) is 0 Å². The molecule has 1 aromatic heterocycles. The molecule has 2 aromatic rings. The second kappa shape index (κ2) is 19.9. The zero-order chi connectivity index (χ0) is 37.0. The van der Waals surface area contributed by atoms with E-state index in [4.69, 9.17) is 9.72 Å². The van der Waals surface area contributed by atoms with Crippen molar-refractivity contribution in [2.75, 3.05) is 27.2 Å². The number of likely N-dealkylation sites (tertiary alicyclic amines) is 1. The maximum absolute atomic E-state index is 14.2. The van der Waals surface area contributed by atoms with Gasteiger partial charge in [-0.3, -0.25) is 24.1 Å². The molecule has 0 bridgehead atoms. The first-order chi connectivity index (χ1) is 23.8. The van der Waals surface area contributed by atoms with Gasteiger partial charge in [0.25, 0.3) is 5.91 Å². The van der Waals surface area contributed by atoms with Crippen molar-refractivity contribution in [1.82, 2.24) is 25.4 Å². The Kier molecular flexibility index (Phi) is 16.3. The first-order valence-corrected chi connectivity index (χ1v) is 19.1. The van der Waals surface area contributed by atoms with E-state index in [1.54, 1.807) is 24.3 Å². The van der Waals surface area contributed by atoms with Crippen LogP contribution in [0.3, 0.4) is 0 Å². The number of amides is 3. The number of benzene rings is 1. The zero-order valence-corrected chi connectivity index (χ0v) is 32.0. The molecule has 1 aliphatic rings. The topological polar surface area (TPSA) is 141 Å². The lowest BCUT2D eigenvalue weighted by Gasteiger charge is -2.38. The van der Waals surface area contributed by atoms with E-state index in [0.717, 1.165) is 37.8 Å². The summed E-state index contributed by atoms with van der Waals surface area (Å²) in [6.45, 7) is 13.0. The van der Waals surface area contributed by atoms with Crippen LogP contribution in [0, 0.1) is 17.8 Å². The summed E-state index contributed by atoms with van der Waals surface area (Å²) in [4.78, 5) is 61.2. The number of piperidine rings is 1. The van der Waals surface area contributed by atoms with Crippen LogP contribution >= 0.6 is 11.3 Å². The van der Waals surface area contributed by atoms with Gasteiger partial charge < -0.3 is 25.4 Å². The fraction of sp³-hybridized carbons (Fsp3) is 0.658. The van der Waals surface area contributed by atoms with Crippen LogP contribution in [-0.2, 0) is 25.5 Å². The lowest BCUT2D eigenvalue weighted by molar-refractivity contribution is -0.141. The van der Waals surface area contributed by atoms with Crippen molar-refractivity contribution in [3.05, 3.63) is 52.0 Å². The van der Waals surface area contributed by atoms with E-state index < -0.39 is 30.1 Å². The fourth-order valence-corrected chi connectivity index (χ4v) is 7.54. The summed E-state index contributed by atoms with van der Waals surface area (Å²) < 4.78 is 6.19. The molecule has 1 unspecified atom stereocenters. The van der Waals surface area contributed by atoms with Gasteiger partial charge in [0.2, 0.25) is 11.8 Å². The third-order valence-electron chi connectivity index (χ3n) is 10.0. The minimum atomic E-state index is -0.911. The van der Waals surface area contributed by atoms with Gasteiger partial charge in [-0.2, -0.15) is 0 Å². The van der Waals surface area contributed by atoms with Crippen LogP contribution in [0.2, 0.25) is 0 Å². The van der Waals surface area contributed by atoms with Gasteiger partial charge in [-0.1, -0.05) is 77.8 Å². The van der Waals surface area contributed by atoms with Gasteiger partial charge in [-0.05, 0) is 63.6 Å². The van der Waals surface area contributed by atoms with Crippen molar-refractivity contribution in [3.8, 4) is 0 Å². The van der Waals surface area contributed by atoms with Crippen LogP contribution in [0.5, 0.6) is 0 Å². The molecule has 3 N–H and O–H groups in total. The summed E-state index contributed by atoms with van der Waals surface area (Å²) >= 11 is 1.33. The Morgan fingerprint density at radius 3 is 2.36 bits per heavy atom. The highest BCUT2D eigenvalue weighted by atomic mass is 32.1. The number of nitrogens with one attached hydrogen (secondary N) is 2. The van der Waals surface area contributed by atoms with E-state index in [2.05, 4.69) is 29.4 Å². The maximum Gasteiger partial charge on any atom is 0.306 e. The number of nitrogens with zero attached hydrogens (tertiary/aromatic N) is 3. The van der Waals surface area contributed by atoms with Gasteiger partial charge in [0.1, 0.15) is 22.8 Å².